The molecule has 0 saturated heterocycles. The molecule has 0 aromatic heterocycles. The molecule has 1 atom stereocenters. The SMILES string of the molecule is CCC(C)(C(=O)OC1(c2ccc3c(c2)Cc2ccccc2-3)CCCCC1)C(F)(F)F. The van der Waals surface area contributed by atoms with Gasteiger partial charge in [-0.1, -0.05) is 55.8 Å². The lowest BCUT2D eigenvalue weighted by atomic mass is 9.78. The van der Waals surface area contributed by atoms with Crippen LogP contribution < -0.4 is 0 Å². The Morgan fingerprint density at radius 1 is 1.00 bits per heavy atom. The van der Waals surface area contributed by atoms with Crippen molar-refractivity contribution in [1.82, 2.24) is 0 Å². The van der Waals surface area contributed by atoms with Gasteiger partial charge in [0.1, 0.15) is 5.60 Å². The van der Waals surface area contributed by atoms with Crippen molar-refractivity contribution in [3.8, 4) is 11.1 Å². The number of ether oxygens (including phenoxy) is 1. The number of benzene rings is 2. The van der Waals surface area contributed by atoms with Crippen LogP contribution in [0.4, 0.5) is 13.2 Å². The zero-order chi connectivity index (χ0) is 21.6. The van der Waals surface area contributed by atoms with E-state index in [1.54, 1.807) is 0 Å². The Kier molecular flexibility index (Phi) is 5.19. The van der Waals surface area contributed by atoms with Crippen LogP contribution in [-0.2, 0) is 21.6 Å². The molecule has 0 spiro atoms. The van der Waals surface area contributed by atoms with E-state index in [0.29, 0.717) is 12.8 Å². The molecule has 2 nitrogen and oxygen atoms in total. The first-order valence-electron chi connectivity index (χ1n) is 10.7. The third-order valence-electron chi connectivity index (χ3n) is 7.05. The van der Waals surface area contributed by atoms with Gasteiger partial charge in [-0.05, 0) is 73.3 Å². The Morgan fingerprint density at radius 2 is 1.67 bits per heavy atom. The Morgan fingerprint density at radius 3 is 2.33 bits per heavy atom. The van der Waals surface area contributed by atoms with Gasteiger partial charge in [0.15, 0.2) is 5.41 Å². The van der Waals surface area contributed by atoms with Gasteiger partial charge in [0.05, 0.1) is 0 Å². The first-order chi connectivity index (χ1) is 14.2. The molecule has 0 aliphatic heterocycles. The van der Waals surface area contributed by atoms with Gasteiger partial charge in [0.2, 0.25) is 0 Å². The topological polar surface area (TPSA) is 26.3 Å². The third kappa shape index (κ3) is 3.32. The summed E-state index contributed by atoms with van der Waals surface area (Å²) in [5.74, 6) is -1.16. The van der Waals surface area contributed by atoms with Crippen molar-refractivity contribution >= 4 is 5.97 Å². The molecule has 30 heavy (non-hydrogen) atoms. The summed E-state index contributed by atoms with van der Waals surface area (Å²) in [6.07, 6.45) is -0.416. The lowest BCUT2D eigenvalue weighted by Crippen LogP contribution is -2.47. The number of hydrogen-bond donors (Lipinski definition) is 0. The van der Waals surface area contributed by atoms with Crippen LogP contribution >= 0.6 is 0 Å². The van der Waals surface area contributed by atoms with E-state index in [2.05, 4.69) is 12.1 Å². The van der Waals surface area contributed by atoms with Crippen molar-refractivity contribution in [3.63, 3.8) is 0 Å². The first kappa shape index (κ1) is 21.0. The third-order valence-corrected chi connectivity index (χ3v) is 7.05. The minimum atomic E-state index is -4.64. The highest BCUT2D eigenvalue weighted by Gasteiger charge is 2.58. The summed E-state index contributed by atoms with van der Waals surface area (Å²) in [6, 6.07) is 14.2. The van der Waals surface area contributed by atoms with Crippen molar-refractivity contribution < 1.29 is 22.7 Å². The molecular formula is C25H27F3O2. The number of carbonyl (C=O) groups is 1. The predicted molar refractivity (Wildman–Crippen MR) is 110 cm³/mol. The van der Waals surface area contributed by atoms with Crippen molar-refractivity contribution in [1.29, 1.82) is 0 Å². The smallest absolute Gasteiger partial charge is 0.404 e. The number of fused-ring (bicyclic) bond motifs is 3. The number of carbonyl (C=O) groups excluding carboxylic acids is 1. The van der Waals surface area contributed by atoms with Gasteiger partial charge in [-0.2, -0.15) is 13.2 Å². The zero-order valence-corrected chi connectivity index (χ0v) is 17.4. The zero-order valence-electron chi connectivity index (χ0n) is 17.4. The standard InChI is InChI=1S/C25H27F3O2/c1-3-23(2,25(26,27)28)22(29)30-24(13-7-4-8-14-24)19-11-12-21-18(16-19)15-17-9-5-6-10-20(17)21/h5-6,9-12,16H,3-4,7-8,13-15H2,1-2H3. The van der Waals surface area contributed by atoms with Crippen LogP contribution in [0.2, 0.25) is 0 Å². The van der Waals surface area contributed by atoms with Crippen molar-refractivity contribution in [2.24, 2.45) is 5.41 Å². The molecule has 1 fully saturated rings. The van der Waals surface area contributed by atoms with E-state index in [1.165, 1.54) is 18.1 Å². The number of halogens is 3. The van der Waals surface area contributed by atoms with Crippen LogP contribution in [0.5, 0.6) is 0 Å². The van der Waals surface area contributed by atoms with Crippen LogP contribution in [0.25, 0.3) is 11.1 Å². The minimum Gasteiger partial charge on any atom is -0.454 e. The fraction of sp³-hybridized carbons (Fsp3) is 0.480. The molecular weight excluding hydrogens is 389 g/mol. The number of alkyl halides is 3. The maximum atomic E-state index is 13.7. The summed E-state index contributed by atoms with van der Waals surface area (Å²) in [5, 5.41) is 0. The second kappa shape index (κ2) is 7.44. The van der Waals surface area contributed by atoms with Crippen LogP contribution in [0.15, 0.2) is 42.5 Å². The van der Waals surface area contributed by atoms with Crippen molar-refractivity contribution in [3.05, 3.63) is 59.2 Å². The number of hydrogen-bond acceptors (Lipinski definition) is 2. The molecule has 1 saturated carbocycles. The molecule has 2 aromatic carbocycles. The summed E-state index contributed by atoms with van der Waals surface area (Å²) in [6.45, 7) is 2.33. The largest absolute Gasteiger partial charge is 0.454 e. The molecule has 1 unspecified atom stereocenters. The highest BCUT2D eigenvalue weighted by molar-refractivity contribution is 5.79. The summed E-state index contributed by atoms with van der Waals surface area (Å²) < 4.78 is 46.8. The molecule has 0 heterocycles. The second-order valence-corrected chi connectivity index (χ2v) is 8.83. The Labute approximate surface area is 175 Å². The highest BCUT2D eigenvalue weighted by Crippen LogP contribution is 2.48. The molecule has 0 N–H and O–H groups in total. The molecule has 5 heteroatoms. The van der Waals surface area contributed by atoms with E-state index in [-0.39, 0.29) is 6.42 Å². The molecule has 4 rings (SSSR count). The van der Waals surface area contributed by atoms with E-state index in [4.69, 9.17) is 4.74 Å². The summed E-state index contributed by atoms with van der Waals surface area (Å²) in [7, 11) is 0. The quantitative estimate of drug-likeness (QED) is 0.431. The predicted octanol–water partition coefficient (Wildman–Crippen LogP) is 6.94. The Hall–Kier alpha value is -2.30. The van der Waals surface area contributed by atoms with E-state index >= 15 is 0 Å². The van der Waals surface area contributed by atoms with Gasteiger partial charge < -0.3 is 4.74 Å². The highest BCUT2D eigenvalue weighted by atomic mass is 19.4. The van der Waals surface area contributed by atoms with E-state index in [9.17, 15) is 18.0 Å². The fourth-order valence-electron chi connectivity index (χ4n) is 4.75. The summed E-state index contributed by atoms with van der Waals surface area (Å²) in [4.78, 5) is 12.9. The number of rotatable bonds is 4. The lowest BCUT2D eigenvalue weighted by Gasteiger charge is -2.40. The van der Waals surface area contributed by atoms with Gasteiger partial charge in [0.25, 0.3) is 0 Å². The van der Waals surface area contributed by atoms with E-state index < -0.39 is 23.2 Å². The van der Waals surface area contributed by atoms with Crippen LogP contribution in [0.1, 0.15) is 69.1 Å². The van der Waals surface area contributed by atoms with Crippen LogP contribution in [-0.4, -0.2) is 12.1 Å². The molecule has 0 amide bonds. The summed E-state index contributed by atoms with van der Waals surface area (Å²) >= 11 is 0. The van der Waals surface area contributed by atoms with Gasteiger partial charge in [-0.15, -0.1) is 0 Å². The molecule has 2 aliphatic rings. The van der Waals surface area contributed by atoms with E-state index in [1.807, 2.05) is 30.3 Å². The van der Waals surface area contributed by atoms with Crippen LogP contribution in [0, 0.1) is 5.41 Å². The second-order valence-electron chi connectivity index (χ2n) is 8.83. The van der Waals surface area contributed by atoms with Crippen LogP contribution in [0.3, 0.4) is 0 Å². The van der Waals surface area contributed by atoms with Crippen molar-refractivity contribution in [2.45, 2.75) is 70.6 Å². The fourth-order valence-corrected chi connectivity index (χ4v) is 4.75. The lowest BCUT2D eigenvalue weighted by molar-refractivity contribution is -0.240. The van der Waals surface area contributed by atoms with Gasteiger partial charge in [-0.25, -0.2) is 0 Å². The molecule has 160 valence electrons. The normalized spacial score (nSPS) is 19.5. The first-order valence-corrected chi connectivity index (χ1v) is 10.7. The van der Waals surface area contributed by atoms with Gasteiger partial charge >= 0.3 is 12.1 Å². The molecule has 0 radical (unpaired) electrons. The monoisotopic (exact) mass is 416 g/mol. The molecule has 0 bridgehead atoms. The van der Waals surface area contributed by atoms with Gasteiger partial charge in [-0.3, -0.25) is 4.79 Å². The maximum Gasteiger partial charge on any atom is 0.404 e. The summed E-state index contributed by atoms with van der Waals surface area (Å²) in [5.41, 5.74) is 2.08. The van der Waals surface area contributed by atoms with E-state index in [0.717, 1.165) is 49.3 Å². The average Bonchev–Trinajstić information content (AvgIpc) is 3.10. The Bertz CT molecular complexity index is 957. The maximum absolute atomic E-state index is 13.7. The average molecular weight is 416 g/mol. The minimum absolute atomic E-state index is 0.342. The molecule has 2 aromatic rings. The van der Waals surface area contributed by atoms with Crippen molar-refractivity contribution in [2.75, 3.05) is 0 Å². The Balaban J connectivity index is 1.70. The molecule has 2 aliphatic carbocycles. The van der Waals surface area contributed by atoms with Gasteiger partial charge in [0, 0.05) is 0 Å². The number of esters is 1.